The zero-order chi connectivity index (χ0) is 18.8. The molecule has 3 amide bonds. The third kappa shape index (κ3) is 3.67. The minimum Gasteiger partial charge on any atom is -0.304 e. The van der Waals surface area contributed by atoms with E-state index in [1.54, 1.807) is 24.3 Å². The van der Waals surface area contributed by atoms with E-state index in [1.807, 2.05) is 6.07 Å². The summed E-state index contributed by atoms with van der Waals surface area (Å²) in [4.78, 5) is 39.1. The maximum Gasteiger partial charge on any atom is 0.325 e. The number of hydrogen-bond acceptors (Lipinski definition) is 3. The maximum absolute atomic E-state index is 12.6. The summed E-state index contributed by atoms with van der Waals surface area (Å²) < 4.78 is 0. The molecule has 140 valence electrons. The standard InChI is InChI=1S/C21H28N2O3/c1-13(2)16-10-9-14(3)11-17(16)19-20(25)22-21(26)23(19)12-18(24)15-7-5-4-6-8-15/h4-8,13-14,16-17,19H,9-12H2,1-3H3,(H,22,25,26)/t14-,16?,17?,19?/m1/s1. The molecule has 4 atom stereocenters. The first kappa shape index (κ1) is 18.6. The Hall–Kier alpha value is -2.17. The average Bonchev–Trinajstić information content (AvgIpc) is 2.88. The predicted octanol–water partition coefficient (Wildman–Crippen LogP) is 3.50. The fourth-order valence-corrected chi connectivity index (χ4v) is 4.62. The van der Waals surface area contributed by atoms with E-state index in [-0.39, 0.29) is 24.2 Å². The number of Topliss-reactive ketones (excluding diaryl/α,β-unsaturated/α-hetero) is 1. The van der Waals surface area contributed by atoms with Gasteiger partial charge in [0.05, 0.1) is 6.54 Å². The van der Waals surface area contributed by atoms with Crippen molar-refractivity contribution in [3.63, 3.8) is 0 Å². The second-order valence-corrected chi connectivity index (χ2v) is 8.15. The summed E-state index contributed by atoms with van der Waals surface area (Å²) >= 11 is 0. The number of hydrogen-bond donors (Lipinski definition) is 1. The molecule has 1 N–H and O–H groups in total. The number of urea groups is 1. The van der Waals surface area contributed by atoms with Crippen LogP contribution in [0.4, 0.5) is 4.79 Å². The third-order valence-corrected chi connectivity index (χ3v) is 5.98. The first-order chi connectivity index (χ1) is 12.4. The number of benzene rings is 1. The van der Waals surface area contributed by atoms with Crippen molar-refractivity contribution in [2.75, 3.05) is 6.54 Å². The molecule has 5 heteroatoms. The van der Waals surface area contributed by atoms with Gasteiger partial charge in [-0.15, -0.1) is 0 Å². The SMILES string of the molecule is CC(C)C1CC[C@@H](C)CC1C1C(=O)NC(=O)N1CC(=O)c1ccccc1. The lowest BCUT2D eigenvalue weighted by Gasteiger charge is -2.41. The molecule has 1 aromatic rings. The highest BCUT2D eigenvalue weighted by Gasteiger charge is 2.48. The van der Waals surface area contributed by atoms with E-state index in [4.69, 9.17) is 0 Å². The number of carbonyl (C=O) groups is 3. The molecule has 1 aromatic carbocycles. The van der Waals surface area contributed by atoms with Crippen molar-refractivity contribution in [1.29, 1.82) is 0 Å². The largest absolute Gasteiger partial charge is 0.325 e. The Kier molecular flexibility index (Phi) is 5.44. The topological polar surface area (TPSA) is 66.5 Å². The molecule has 1 saturated heterocycles. The minimum atomic E-state index is -0.537. The Morgan fingerprint density at radius 3 is 2.54 bits per heavy atom. The van der Waals surface area contributed by atoms with E-state index in [0.29, 0.717) is 23.3 Å². The third-order valence-electron chi connectivity index (χ3n) is 5.98. The summed E-state index contributed by atoms with van der Waals surface area (Å²) in [7, 11) is 0. The molecule has 0 aromatic heterocycles. The molecule has 2 fully saturated rings. The Balaban J connectivity index is 1.84. The summed E-state index contributed by atoms with van der Waals surface area (Å²) in [5.41, 5.74) is 0.566. The van der Waals surface area contributed by atoms with Crippen molar-refractivity contribution in [3.05, 3.63) is 35.9 Å². The van der Waals surface area contributed by atoms with Gasteiger partial charge in [-0.1, -0.05) is 57.5 Å². The lowest BCUT2D eigenvalue weighted by molar-refractivity contribution is -0.124. The van der Waals surface area contributed by atoms with Crippen LogP contribution in [0, 0.1) is 23.7 Å². The van der Waals surface area contributed by atoms with Gasteiger partial charge in [-0.05, 0) is 36.5 Å². The predicted molar refractivity (Wildman–Crippen MR) is 99.6 cm³/mol. The molecule has 0 spiro atoms. The molecule has 1 heterocycles. The fraction of sp³-hybridized carbons (Fsp3) is 0.571. The first-order valence-corrected chi connectivity index (χ1v) is 9.58. The number of nitrogens with one attached hydrogen (secondary N) is 1. The van der Waals surface area contributed by atoms with Crippen LogP contribution in [0.3, 0.4) is 0 Å². The van der Waals surface area contributed by atoms with Crippen LogP contribution in [0.5, 0.6) is 0 Å². The molecule has 0 radical (unpaired) electrons. The van der Waals surface area contributed by atoms with Crippen LogP contribution in [-0.2, 0) is 4.79 Å². The quantitative estimate of drug-likeness (QED) is 0.649. The highest BCUT2D eigenvalue weighted by atomic mass is 16.2. The highest BCUT2D eigenvalue weighted by Crippen LogP contribution is 2.42. The summed E-state index contributed by atoms with van der Waals surface area (Å²) in [5, 5.41) is 2.44. The number of ketones is 1. The van der Waals surface area contributed by atoms with Crippen LogP contribution in [-0.4, -0.2) is 35.2 Å². The van der Waals surface area contributed by atoms with Gasteiger partial charge in [-0.3, -0.25) is 14.9 Å². The number of carbonyl (C=O) groups excluding carboxylic acids is 3. The van der Waals surface area contributed by atoms with E-state index < -0.39 is 12.1 Å². The van der Waals surface area contributed by atoms with Crippen LogP contribution < -0.4 is 5.32 Å². The molecule has 2 aliphatic rings. The number of rotatable bonds is 5. The van der Waals surface area contributed by atoms with Crippen molar-refractivity contribution >= 4 is 17.7 Å². The number of imide groups is 1. The van der Waals surface area contributed by atoms with E-state index in [0.717, 1.165) is 19.3 Å². The highest BCUT2D eigenvalue weighted by molar-refractivity contribution is 6.07. The summed E-state index contributed by atoms with van der Waals surface area (Å²) in [6.45, 7) is 6.52. The number of nitrogens with zero attached hydrogens (tertiary/aromatic N) is 1. The molecule has 1 aliphatic carbocycles. The van der Waals surface area contributed by atoms with Crippen molar-refractivity contribution in [3.8, 4) is 0 Å². The van der Waals surface area contributed by atoms with Gasteiger partial charge in [0.25, 0.3) is 5.91 Å². The fourth-order valence-electron chi connectivity index (χ4n) is 4.62. The minimum absolute atomic E-state index is 0.0536. The van der Waals surface area contributed by atoms with Crippen molar-refractivity contribution < 1.29 is 14.4 Å². The zero-order valence-corrected chi connectivity index (χ0v) is 15.8. The van der Waals surface area contributed by atoms with Gasteiger partial charge in [-0.25, -0.2) is 4.79 Å². The first-order valence-electron chi connectivity index (χ1n) is 9.58. The Morgan fingerprint density at radius 2 is 1.88 bits per heavy atom. The van der Waals surface area contributed by atoms with Gasteiger partial charge in [0.15, 0.2) is 5.78 Å². The van der Waals surface area contributed by atoms with Gasteiger partial charge < -0.3 is 4.90 Å². The molecule has 3 unspecified atom stereocenters. The lowest BCUT2D eigenvalue weighted by Crippen LogP contribution is -2.48. The normalized spacial score (nSPS) is 29.2. The monoisotopic (exact) mass is 356 g/mol. The maximum atomic E-state index is 12.6. The second-order valence-electron chi connectivity index (χ2n) is 8.15. The zero-order valence-electron chi connectivity index (χ0n) is 15.8. The molecular weight excluding hydrogens is 328 g/mol. The Bertz CT molecular complexity index is 686. The molecule has 1 aliphatic heterocycles. The van der Waals surface area contributed by atoms with Gasteiger partial charge in [0, 0.05) is 5.56 Å². The smallest absolute Gasteiger partial charge is 0.304 e. The van der Waals surface area contributed by atoms with Crippen LogP contribution in [0.15, 0.2) is 30.3 Å². The molecule has 1 saturated carbocycles. The summed E-state index contributed by atoms with van der Waals surface area (Å²) in [6, 6.07) is 7.96. The second kappa shape index (κ2) is 7.60. The van der Waals surface area contributed by atoms with Gasteiger partial charge in [-0.2, -0.15) is 0 Å². The Labute approximate surface area is 155 Å². The Morgan fingerprint density at radius 1 is 1.19 bits per heavy atom. The van der Waals surface area contributed by atoms with Crippen molar-refractivity contribution in [1.82, 2.24) is 10.2 Å². The molecular formula is C21H28N2O3. The molecule has 5 nitrogen and oxygen atoms in total. The molecule has 26 heavy (non-hydrogen) atoms. The van der Waals surface area contributed by atoms with Gasteiger partial charge >= 0.3 is 6.03 Å². The molecule has 0 bridgehead atoms. The lowest BCUT2D eigenvalue weighted by atomic mass is 9.67. The van der Waals surface area contributed by atoms with Gasteiger partial charge in [0.2, 0.25) is 0 Å². The number of amides is 3. The summed E-state index contributed by atoms with van der Waals surface area (Å²) in [5.74, 6) is 1.09. The van der Waals surface area contributed by atoms with Crippen molar-refractivity contribution in [2.45, 2.75) is 46.1 Å². The summed E-state index contributed by atoms with van der Waals surface area (Å²) in [6.07, 6.45) is 3.15. The van der Waals surface area contributed by atoms with Crippen LogP contribution in [0.25, 0.3) is 0 Å². The van der Waals surface area contributed by atoms with E-state index in [1.165, 1.54) is 4.90 Å². The van der Waals surface area contributed by atoms with E-state index in [9.17, 15) is 14.4 Å². The van der Waals surface area contributed by atoms with Crippen molar-refractivity contribution in [2.24, 2.45) is 23.7 Å². The average molecular weight is 356 g/mol. The van der Waals surface area contributed by atoms with E-state index in [2.05, 4.69) is 26.1 Å². The van der Waals surface area contributed by atoms with Crippen LogP contribution in [0.1, 0.15) is 50.4 Å². The van der Waals surface area contributed by atoms with Crippen LogP contribution >= 0.6 is 0 Å². The van der Waals surface area contributed by atoms with Crippen LogP contribution in [0.2, 0.25) is 0 Å². The molecule has 3 rings (SSSR count). The van der Waals surface area contributed by atoms with E-state index >= 15 is 0 Å². The van der Waals surface area contributed by atoms with Gasteiger partial charge in [0.1, 0.15) is 6.04 Å².